The summed E-state index contributed by atoms with van der Waals surface area (Å²) < 4.78 is 10.8. The van der Waals surface area contributed by atoms with E-state index in [0.29, 0.717) is 66.3 Å². The maximum absolute atomic E-state index is 13.1. The van der Waals surface area contributed by atoms with Crippen LogP contribution in [0.5, 0.6) is 5.75 Å². The Morgan fingerprint density at radius 1 is 1.09 bits per heavy atom. The number of aromatic nitrogens is 1. The van der Waals surface area contributed by atoms with Crippen molar-refractivity contribution in [1.82, 2.24) is 5.16 Å². The first-order chi connectivity index (χ1) is 16.0. The Bertz CT molecular complexity index is 1200. The number of nitrogens with zero attached hydrogens (tertiary/aromatic N) is 2. The van der Waals surface area contributed by atoms with Crippen LogP contribution in [-0.2, 0) is 17.6 Å². The summed E-state index contributed by atoms with van der Waals surface area (Å²) in [6, 6.07) is 7.30. The number of carbonyl (C=O) groups excluding carboxylic acids is 2. The lowest BCUT2D eigenvalue weighted by Crippen LogP contribution is -2.32. The Balaban J connectivity index is 1.64. The van der Waals surface area contributed by atoms with Crippen LogP contribution in [0.25, 0.3) is 0 Å². The van der Waals surface area contributed by atoms with E-state index in [1.807, 2.05) is 45.9 Å². The standard InChI is InChI=1S/C27H32N2O5/c1-26(2)12-19(28-16-7-6-8-17(11-16)33-5)24(21(31)13-26)20(30)10-9-18-25-22(32)14-27(3,4)15-23(25)34-29-18/h6-8,11,30H,9-10,12-15H2,1-5H3. The molecule has 7 nitrogen and oxygen atoms in total. The summed E-state index contributed by atoms with van der Waals surface area (Å²) in [4.78, 5) is 30.5. The highest BCUT2D eigenvalue weighted by Crippen LogP contribution is 2.38. The number of fused-ring (bicyclic) bond motifs is 1. The van der Waals surface area contributed by atoms with Crippen molar-refractivity contribution in [3.05, 3.63) is 52.6 Å². The molecule has 2 aliphatic rings. The Morgan fingerprint density at radius 2 is 1.79 bits per heavy atom. The van der Waals surface area contributed by atoms with Crippen LogP contribution in [0.4, 0.5) is 5.69 Å². The van der Waals surface area contributed by atoms with E-state index in [1.54, 1.807) is 13.2 Å². The molecule has 1 aromatic heterocycles. The smallest absolute Gasteiger partial charge is 0.168 e. The fraction of sp³-hybridized carbons (Fsp3) is 0.481. The molecule has 180 valence electrons. The van der Waals surface area contributed by atoms with Crippen LogP contribution in [0.2, 0.25) is 0 Å². The molecule has 2 aromatic rings. The lowest BCUT2D eigenvalue weighted by Gasteiger charge is -2.31. The van der Waals surface area contributed by atoms with Gasteiger partial charge >= 0.3 is 0 Å². The fourth-order valence-electron chi connectivity index (χ4n) is 4.90. The molecule has 1 N–H and O–H groups in total. The SMILES string of the molecule is COc1cccc(N=C2CC(C)(C)CC(=O)C2=C(O)CCc2noc3c2C(=O)CC(C)(C)C3)c1. The maximum atomic E-state index is 13.1. The van der Waals surface area contributed by atoms with E-state index < -0.39 is 0 Å². The Kier molecular flexibility index (Phi) is 6.23. The van der Waals surface area contributed by atoms with E-state index in [9.17, 15) is 14.7 Å². The van der Waals surface area contributed by atoms with E-state index in [1.165, 1.54) is 0 Å². The van der Waals surface area contributed by atoms with Gasteiger partial charge in [0.2, 0.25) is 0 Å². The van der Waals surface area contributed by atoms with Gasteiger partial charge in [-0.3, -0.25) is 14.6 Å². The first-order valence-electron chi connectivity index (χ1n) is 11.7. The van der Waals surface area contributed by atoms with Gasteiger partial charge in [-0.15, -0.1) is 0 Å². The maximum Gasteiger partial charge on any atom is 0.168 e. The highest BCUT2D eigenvalue weighted by atomic mass is 16.5. The molecule has 0 amide bonds. The Labute approximate surface area is 199 Å². The van der Waals surface area contributed by atoms with E-state index in [2.05, 4.69) is 5.16 Å². The second kappa shape index (κ2) is 8.85. The minimum Gasteiger partial charge on any atom is -0.511 e. The Morgan fingerprint density at radius 3 is 2.53 bits per heavy atom. The normalized spacial score (nSPS) is 22.0. The van der Waals surface area contributed by atoms with Crippen LogP contribution >= 0.6 is 0 Å². The van der Waals surface area contributed by atoms with Gasteiger partial charge in [-0.1, -0.05) is 38.9 Å². The fourth-order valence-corrected chi connectivity index (χ4v) is 4.90. The number of Topliss-reactive ketones (excluding diaryl/α,β-unsaturated/α-hetero) is 2. The van der Waals surface area contributed by atoms with Crippen molar-refractivity contribution in [2.75, 3.05) is 7.11 Å². The second-order valence-corrected chi connectivity index (χ2v) is 10.9. The molecule has 1 aromatic carbocycles. The first-order valence-corrected chi connectivity index (χ1v) is 11.7. The van der Waals surface area contributed by atoms with Gasteiger partial charge in [0.1, 0.15) is 17.3 Å². The monoisotopic (exact) mass is 464 g/mol. The van der Waals surface area contributed by atoms with Gasteiger partial charge in [-0.25, -0.2) is 0 Å². The van der Waals surface area contributed by atoms with Gasteiger partial charge in [-0.2, -0.15) is 0 Å². The highest BCUT2D eigenvalue weighted by molar-refractivity contribution is 6.25. The molecule has 0 atom stereocenters. The lowest BCUT2D eigenvalue weighted by molar-refractivity contribution is -0.117. The summed E-state index contributed by atoms with van der Waals surface area (Å²) in [6.45, 7) is 8.11. The summed E-state index contributed by atoms with van der Waals surface area (Å²) in [7, 11) is 1.59. The number of aryl methyl sites for hydroxylation is 1. The van der Waals surface area contributed by atoms with Crippen molar-refractivity contribution >= 4 is 23.0 Å². The van der Waals surface area contributed by atoms with Gasteiger partial charge in [0, 0.05) is 38.2 Å². The molecule has 0 spiro atoms. The number of methoxy groups -OCH3 is 1. The summed E-state index contributed by atoms with van der Waals surface area (Å²) >= 11 is 0. The third-order valence-corrected chi connectivity index (χ3v) is 6.45. The van der Waals surface area contributed by atoms with E-state index in [0.717, 1.165) is 0 Å². The molecular formula is C27H32N2O5. The topological polar surface area (TPSA) is 102 Å². The number of aliphatic hydroxyl groups is 1. The molecule has 0 bridgehead atoms. The van der Waals surface area contributed by atoms with Crippen LogP contribution in [0, 0.1) is 10.8 Å². The van der Waals surface area contributed by atoms with Crippen molar-refractivity contribution in [3.63, 3.8) is 0 Å². The molecule has 0 saturated heterocycles. The largest absolute Gasteiger partial charge is 0.511 e. The van der Waals surface area contributed by atoms with Gasteiger partial charge < -0.3 is 14.4 Å². The van der Waals surface area contributed by atoms with Crippen LogP contribution in [0.15, 0.2) is 45.1 Å². The number of ketones is 2. The molecule has 2 aliphatic carbocycles. The van der Waals surface area contributed by atoms with Gasteiger partial charge in [0.25, 0.3) is 0 Å². The van der Waals surface area contributed by atoms with Crippen molar-refractivity contribution < 1.29 is 24.0 Å². The van der Waals surface area contributed by atoms with E-state index in [4.69, 9.17) is 14.3 Å². The minimum atomic E-state index is -0.261. The summed E-state index contributed by atoms with van der Waals surface area (Å²) in [5, 5.41) is 15.1. The average Bonchev–Trinajstić information content (AvgIpc) is 3.13. The number of allylic oxidation sites excluding steroid dienone is 2. The number of rotatable bonds is 5. The number of aliphatic imine (C=N–C) groups is 1. The lowest BCUT2D eigenvalue weighted by atomic mass is 9.73. The van der Waals surface area contributed by atoms with E-state index >= 15 is 0 Å². The van der Waals surface area contributed by atoms with Crippen LogP contribution in [0.1, 0.15) is 75.2 Å². The van der Waals surface area contributed by atoms with Crippen LogP contribution < -0.4 is 4.74 Å². The van der Waals surface area contributed by atoms with Crippen molar-refractivity contribution in [2.24, 2.45) is 15.8 Å². The molecule has 4 rings (SSSR count). The molecule has 34 heavy (non-hydrogen) atoms. The number of benzene rings is 1. The molecule has 0 unspecified atom stereocenters. The zero-order valence-corrected chi connectivity index (χ0v) is 20.5. The second-order valence-electron chi connectivity index (χ2n) is 10.9. The highest BCUT2D eigenvalue weighted by Gasteiger charge is 2.38. The molecule has 1 saturated carbocycles. The zero-order chi connectivity index (χ0) is 24.7. The van der Waals surface area contributed by atoms with Crippen molar-refractivity contribution in [2.45, 2.75) is 66.2 Å². The van der Waals surface area contributed by atoms with Crippen LogP contribution in [-0.4, -0.2) is 34.7 Å². The zero-order valence-electron chi connectivity index (χ0n) is 20.5. The van der Waals surface area contributed by atoms with Crippen LogP contribution in [0.3, 0.4) is 0 Å². The molecule has 1 fully saturated rings. The third kappa shape index (κ3) is 4.98. The van der Waals surface area contributed by atoms with Gasteiger partial charge in [-0.05, 0) is 29.4 Å². The number of aliphatic hydroxyl groups excluding tert-OH is 1. The molecular weight excluding hydrogens is 432 g/mol. The predicted octanol–water partition coefficient (Wildman–Crippen LogP) is 5.74. The predicted molar refractivity (Wildman–Crippen MR) is 129 cm³/mol. The molecule has 0 radical (unpaired) electrons. The van der Waals surface area contributed by atoms with Crippen molar-refractivity contribution in [3.8, 4) is 5.75 Å². The first kappa shape index (κ1) is 23.9. The minimum absolute atomic E-state index is 0.0189. The summed E-state index contributed by atoms with van der Waals surface area (Å²) in [6.07, 6.45) is 2.46. The number of ether oxygens (including phenoxy) is 1. The van der Waals surface area contributed by atoms with E-state index in [-0.39, 0.29) is 40.1 Å². The van der Waals surface area contributed by atoms with Crippen molar-refractivity contribution in [1.29, 1.82) is 0 Å². The quantitative estimate of drug-likeness (QED) is 0.447. The molecule has 1 heterocycles. The summed E-state index contributed by atoms with van der Waals surface area (Å²) in [5.74, 6) is 1.14. The van der Waals surface area contributed by atoms with Gasteiger partial charge in [0.05, 0.1) is 35.3 Å². The summed E-state index contributed by atoms with van der Waals surface area (Å²) in [5.41, 5.74) is 2.15. The number of carbonyl (C=O) groups is 2. The third-order valence-electron chi connectivity index (χ3n) is 6.45. The van der Waals surface area contributed by atoms with Gasteiger partial charge in [0.15, 0.2) is 11.6 Å². The Hall–Kier alpha value is -3.22. The average molecular weight is 465 g/mol. The molecule has 0 aliphatic heterocycles. The number of hydrogen-bond acceptors (Lipinski definition) is 7. The number of hydrogen-bond donors (Lipinski definition) is 1. The molecule has 7 heteroatoms.